The maximum Gasteiger partial charge on any atom is 0.258 e. The summed E-state index contributed by atoms with van der Waals surface area (Å²) in [6, 6.07) is 16.0. The van der Waals surface area contributed by atoms with E-state index in [1.165, 1.54) is 6.92 Å². The molecule has 2 aromatic carbocycles. The fraction of sp³-hybridized carbons (Fsp3) is 0.304. The Bertz CT molecular complexity index is 1090. The van der Waals surface area contributed by atoms with Crippen LogP contribution in [0.5, 0.6) is 0 Å². The third kappa shape index (κ3) is 5.11. The average Bonchev–Trinajstić information content (AvgIpc) is 2.71. The minimum Gasteiger partial charge on any atom is -0.349 e. The number of nitrogens with zero attached hydrogens (tertiary/aromatic N) is 2. The lowest BCUT2D eigenvalue weighted by atomic mass is 10.0. The van der Waals surface area contributed by atoms with Crippen LogP contribution in [-0.2, 0) is 16.1 Å². The van der Waals surface area contributed by atoms with Crippen molar-refractivity contribution in [2.75, 3.05) is 0 Å². The average molecular weight is 406 g/mol. The first kappa shape index (κ1) is 21.2. The topological polar surface area (TPSA) is 95.2 Å². The van der Waals surface area contributed by atoms with Gasteiger partial charge in [0.05, 0.1) is 29.9 Å². The van der Waals surface area contributed by atoms with Gasteiger partial charge in [0, 0.05) is 13.0 Å². The van der Waals surface area contributed by atoms with Gasteiger partial charge in [0.25, 0.3) is 5.56 Å². The van der Waals surface area contributed by atoms with Gasteiger partial charge in [0.1, 0.15) is 5.82 Å². The Kier molecular flexibility index (Phi) is 6.61. The van der Waals surface area contributed by atoms with Gasteiger partial charge in [-0.15, -0.1) is 0 Å². The first-order valence-corrected chi connectivity index (χ1v) is 9.94. The number of aromatic nitrogens is 2. The van der Waals surface area contributed by atoms with Gasteiger partial charge in [0.15, 0.2) is 0 Å². The van der Waals surface area contributed by atoms with E-state index in [-0.39, 0.29) is 36.4 Å². The Morgan fingerprint density at radius 2 is 1.73 bits per heavy atom. The van der Waals surface area contributed by atoms with E-state index in [0.29, 0.717) is 16.7 Å². The van der Waals surface area contributed by atoms with Crippen LogP contribution in [0.1, 0.15) is 44.6 Å². The number of hydrogen-bond donors (Lipinski definition) is 2. The molecule has 2 amide bonds. The number of H-pyrrole nitrogens is 1. The number of carbonyl (C=O) groups is 2. The van der Waals surface area contributed by atoms with Crippen molar-refractivity contribution in [2.45, 2.75) is 45.8 Å². The monoisotopic (exact) mass is 406 g/mol. The molecule has 1 atom stereocenters. The minimum absolute atomic E-state index is 0.108. The van der Waals surface area contributed by atoms with Gasteiger partial charge < -0.3 is 15.2 Å². The lowest BCUT2D eigenvalue weighted by molar-refractivity contribution is -0.134. The van der Waals surface area contributed by atoms with Gasteiger partial charge in [-0.25, -0.2) is 4.98 Å². The van der Waals surface area contributed by atoms with E-state index in [0.717, 1.165) is 5.56 Å². The molecule has 3 aromatic rings. The predicted octanol–water partition coefficient (Wildman–Crippen LogP) is 2.93. The zero-order chi connectivity index (χ0) is 21.7. The predicted molar refractivity (Wildman–Crippen MR) is 116 cm³/mol. The lowest BCUT2D eigenvalue weighted by Crippen LogP contribution is -2.40. The Morgan fingerprint density at radius 3 is 2.40 bits per heavy atom. The van der Waals surface area contributed by atoms with E-state index in [2.05, 4.69) is 15.3 Å². The summed E-state index contributed by atoms with van der Waals surface area (Å²) in [7, 11) is 0. The van der Waals surface area contributed by atoms with Crippen LogP contribution in [0.15, 0.2) is 59.4 Å². The first-order chi connectivity index (χ1) is 14.3. The number of benzene rings is 2. The van der Waals surface area contributed by atoms with E-state index in [1.807, 2.05) is 50.2 Å². The molecule has 0 radical (unpaired) electrons. The van der Waals surface area contributed by atoms with Crippen LogP contribution >= 0.6 is 0 Å². The van der Waals surface area contributed by atoms with Crippen LogP contribution < -0.4 is 10.9 Å². The second kappa shape index (κ2) is 9.35. The summed E-state index contributed by atoms with van der Waals surface area (Å²) in [6.07, 6.45) is 0.111. The number of rotatable bonds is 7. The van der Waals surface area contributed by atoms with Gasteiger partial charge >= 0.3 is 0 Å². The maximum absolute atomic E-state index is 13.2. The third-order valence-corrected chi connectivity index (χ3v) is 4.88. The third-order valence-electron chi connectivity index (χ3n) is 4.88. The summed E-state index contributed by atoms with van der Waals surface area (Å²) < 4.78 is 0. The molecule has 1 heterocycles. The first-order valence-electron chi connectivity index (χ1n) is 9.94. The minimum atomic E-state index is -0.430. The van der Waals surface area contributed by atoms with E-state index >= 15 is 0 Å². The molecule has 0 spiro atoms. The summed E-state index contributed by atoms with van der Waals surface area (Å²) in [4.78, 5) is 46.1. The summed E-state index contributed by atoms with van der Waals surface area (Å²) >= 11 is 0. The summed E-state index contributed by atoms with van der Waals surface area (Å²) in [5.74, 6) is 0.0909. The van der Waals surface area contributed by atoms with Crippen molar-refractivity contribution in [3.8, 4) is 0 Å². The molecule has 7 nitrogen and oxygen atoms in total. The number of para-hydroxylation sites is 1. The Hall–Kier alpha value is -3.48. The molecule has 3 rings (SSSR count). The van der Waals surface area contributed by atoms with Crippen LogP contribution in [0.3, 0.4) is 0 Å². The largest absolute Gasteiger partial charge is 0.349 e. The van der Waals surface area contributed by atoms with Gasteiger partial charge in [-0.05, 0) is 31.5 Å². The number of amides is 2. The maximum atomic E-state index is 13.2. The number of hydrogen-bond acceptors (Lipinski definition) is 4. The molecule has 1 aromatic heterocycles. The van der Waals surface area contributed by atoms with Crippen LogP contribution in [0.25, 0.3) is 10.9 Å². The number of fused-ring (bicyclic) bond motifs is 1. The standard InChI is InChI=1S/C23H26N4O3/c1-15(2)27(14-21-25-19-12-8-7-11-18(19)23(30)26-21)22(29)13-20(24-16(3)28)17-9-5-4-6-10-17/h4-12,15,20H,13-14H2,1-3H3,(H,24,28)(H,25,26,30). The van der Waals surface area contributed by atoms with Crippen LogP contribution in [0.2, 0.25) is 0 Å². The van der Waals surface area contributed by atoms with Gasteiger partial charge in [-0.2, -0.15) is 0 Å². The van der Waals surface area contributed by atoms with Crippen molar-refractivity contribution < 1.29 is 9.59 Å². The molecule has 0 aliphatic rings. The fourth-order valence-electron chi connectivity index (χ4n) is 3.40. The number of aromatic amines is 1. The van der Waals surface area contributed by atoms with E-state index in [9.17, 15) is 14.4 Å². The smallest absolute Gasteiger partial charge is 0.258 e. The molecular formula is C23H26N4O3. The molecule has 7 heteroatoms. The Morgan fingerprint density at radius 1 is 1.07 bits per heavy atom. The van der Waals surface area contributed by atoms with Crippen LogP contribution in [-0.4, -0.2) is 32.7 Å². The summed E-state index contributed by atoms with van der Waals surface area (Å²) in [6.45, 7) is 5.43. The quantitative estimate of drug-likeness (QED) is 0.631. The molecule has 0 aliphatic heterocycles. The Labute approximate surface area is 175 Å². The van der Waals surface area contributed by atoms with Crippen molar-refractivity contribution in [2.24, 2.45) is 0 Å². The number of nitrogens with one attached hydrogen (secondary N) is 2. The molecule has 2 N–H and O–H groups in total. The fourth-order valence-corrected chi connectivity index (χ4v) is 3.40. The SMILES string of the molecule is CC(=O)NC(CC(=O)N(Cc1nc2ccccc2c(=O)[nH]1)C(C)C)c1ccccc1. The highest BCUT2D eigenvalue weighted by Crippen LogP contribution is 2.19. The van der Waals surface area contributed by atoms with Crippen LogP contribution in [0.4, 0.5) is 0 Å². The molecule has 156 valence electrons. The van der Waals surface area contributed by atoms with E-state index in [1.54, 1.807) is 23.1 Å². The second-order valence-corrected chi connectivity index (χ2v) is 7.51. The Balaban J connectivity index is 1.84. The molecule has 0 fully saturated rings. The van der Waals surface area contributed by atoms with E-state index < -0.39 is 6.04 Å². The molecule has 0 bridgehead atoms. The van der Waals surface area contributed by atoms with Crippen molar-refractivity contribution in [1.82, 2.24) is 20.2 Å². The highest BCUT2D eigenvalue weighted by Gasteiger charge is 2.24. The van der Waals surface area contributed by atoms with Crippen molar-refractivity contribution in [1.29, 1.82) is 0 Å². The second-order valence-electron chi connectivity index (χ2n) is 7.51. The van der Waals surface area contributed by atoms with Gasteiger partial charge in [0.2, 0.25) is 11.8 Å². The highest BCUT2D eigenvalue weighted by atomic mass is 16.2. The highest BCUT2D eigenvalue weighted by molar-refractivity contribution is 5.80. The summed E-state index contributed by atoms with van der Waals surface area (Å²) in [5, 5.41) is 3.37. The molecule has 0 saturated carbocycles. The zero-order valence-electron chi connectivity index (χ0n) is 17.4. The van der Waals surface area contributed by atoms with Gasteiger partial charge in [-0.1, -0.05) is 42.5 Å². The van der Waals surface area contributed by atoms with Crippen molar-refractivity contribution in [3.05, 3.63) is 76.3 Å². The number of carbonyl (C=O) groups excluding carboxylic acids is 2. The normalized spacial score (nSPS) is 12.0. The summed E-state index contributed by atoms with van der Waals surface area (Å²) in [5.41, 5.74) is 1.22. The lowest BCUT2D eigenvalue weighted by Gasteiger charge is -2.28. The van der Waals surface area contributed by atoms with Gasteiger partial charge in [-0.3, -0.25) is 14.4 Å². The molecule has 0 saturated heterocycles. The van der Waals surface area contributed by atoms with E-state index in [4.69, 9.17) is 0 Å². The molecular weight excluding hydrogens is 380 g/mol. The van der Waals surface area contributed by atoms with Crippen molar-refractivity contribution in [3.63, 3.8) is 0 Å². The molecule has 1 unspecified atom stereocenters. The molecule has 30 heavy (non-hydrogen) atoms. The zero-order valence-corrected chi connectivity index (χ0v) is 17.4. The molecule has 0 aliphatic carbocycles. The van der Waals surface area contributed by atoms with Crippen LogP contribution in [0, 0.1) is 0 Å². The van der Waals surface area contributed by atoms with Crippen molar-refractivity contribution >= 4 is 22.7 Å².